The van der Waals surface area contributed by atoms with E-state index in [2.05, 4.69) is 0 Å². The standard InChI is InChI=1S/C20H19NO3/c1-14(2)24-19-10-5-4-7-15(19)11-17(13-21)20(22)16-8-6-9-18(12-16)23-3/h4-12,14H,1-3H3/b17-11-. The maximum Gasteiger partial charge on any atom is 0.203 e. The van der Waals surface area contributed by atoms with Crippen molar-refractivity contribution in [1.82, 2.24) is 0 Å². The fourth-order valence-corrected chi connectivity index (χ4v) is 2.18. The maximum absolute atomic E-state index is 12.6. The van der Waals surface area contributed by atoms with Crippen molar-refractivity contribution >= 4 is 11.9 Å². The van der Waals surface area contributed by atoms with Gasteiger partial charge in [-0.1, -0.05) is 30.3 Å². The number of nitrogens with zero attached hydrogens (tertiary/aromatic N) is 1. The highest BCUT2D eigenvalue weighted by molar-refractivity contribution is 6.14. The van der Waals surface area contributed by atoms with Gasteiger partial charge in [0.1, 0.15) is 23.1 Å². The van der Waals surface area contributed by atoms with Gasteiger partial charge in [-0.2, -0.15) is 5.26 Å². The number of hydrogen-bond acceptors (Lipinski definition) is 4. The molecule has 0 aliphatic carbocycles. The van der Waals surface area contributed by atoms with E-state index in [1.54, 1.807) is 30.3 Å². The number of Topliss-reactive ketones (excluding diaryl/α,β-unsaturated/α-hetero) is 1. The molecule has 0 amide bonds. The second kappa shape index (κ2) is 7.98. The van der Waals surface area contributed by atoms with Gasteiger partial charge in [-0.05, 0) is 38.1 Å². The summed E-state index contributed by atoms with van der Waals surface area (Å²) >= 11 is 0. The topological polar surface area (TPSA) is 59.3 Å². The molecule has 4 nitrogen and oxygen atoms in total. The molecule has 0 saturated carbocycles. The first-order chi connectivity index (χ1) is 11.5. The molecular weight excluding hydrogens is 302 g/mol. The molecule has 0 aromatic heterocycles. The number of carbonyl (C=O) groups is 1. The van der Waals surface area contributed by atoms with Gasteiger partial charge in [0.15, 0.2) is 0 Å². The van der Waals surface area contributed by atoms with Crippen molar-refractivity contribution in [2.45, 2.75) is 20.0 Å². The molecule has 0 fully saturated rings. The van der Waals surface area contributed by atoms with Gasteiger partial charge >= 0.3 is 0 Å². The molecule has 0 saturated heterocycles. The van der Waals surface area contributed by atoms with Crippen LogP contribution < -0.4 is 9.47 Å². The fourth-order valence-electron chi connectivity index (χ4n) is 2.18. The Morgan fingerprint density at radius 2 is 1.92 bits per heavy atom. The van der Waals surface area contributed by atoms with Crippen LogP contribution in [0.4, 0.5) is 0 Å². The summed E-state index contributed by atoms with van der Waals surface area (Å²) in [6.07, 6.45) is 1.55. The molecule has 0 heterocycles. The molecule has 2 rings (SSSR count). The SMILES string of the molecule is COc1cccc(C(=O)/C(C#N)=C\c2ccccc2OC(C)C)c1. The lowest BCUT2D eigenvalue weighted by Crippen LogP contribution is -2.07. The van der Waals surface area contributed by atoms with E-state index in [0.717, 1.165) is 0 Å². The predicted octanol–water partition coefficient (Wildman–Crippen LogP) is 4.27. The van der Waals surface area contributed by atoms with Crippen molar-refractivity contribution in [2.24, 2.45) is 0 Å². The quantitative estimate of drug-likeness (QED) is 0.453. The summed E-state index contributed by atoms with van der Waals surface area (Å²) in [5.41, 5.74) is 1.14. The zero-order valence-electron chi connectivity index (χ0n) is 13.9. The van der Waals surface area contributed by atoms with E-state index < -0.39 is 0 Å². The van der Waals surface area contributed by atoms with Crippen molar-refractivity contribution in [2.75, 3.05) is 7.11 Å². The van der Waals surface area contributed by atoms with Crippen molar-refractivity contribution in [3.05, 3.63) is 65.2 Å². The van der Waals surface area contributed by atoms with Gasteiger partial charge < -0.3 is 9.47 Å². The molecular formula is C20H19NO3. The van der Waals surface area contributed by atoms with E-state index in [4.69, 9.17) is 9.47 Å². The summed E-state index contributed by atoms with van der Waals surface area (Å²) in [5.74, 6) is 0.858. The van der Waals surface area contributed by atoms with Gasteiger partial charge in [0, 0.05) is 11.1 Å². The van der Waals surface area contributed by atoms with E-state index in [1.807, 2.05) is 44.2 Å². The average Bonchev–Trinajstić information content (AvgIpc) is 2.60. The highest BCUT2D eigenvalue weighted by atomic mass is 16.5. The highest BCUT2D eigenvalue weighted by Crippen LogP contribution is 2.24. The summed E-state index contributed by atoms with van der Waals surface area (Å²) in [5, 5.41) is 9.41. The molecule has 0 aliphatic heterocycles. The minimum Gasteiger partial charge on any atom is -0.497 e. The Morgan fingerprint density at radius 3 is 2.58 bits per heavy atom. The van der Waals surface area contributed by atoms with Crippen LogP contribution in [0.5, 0.6) is 11.5 Å². The van der Waals surface area contributed by atoms with Crippen LogP contribution in [0.3, 0.4) is 0 Å². The summed E-state index contributed by atoms with van der Waals surface area (Å²) < 4.78 is 10.9. The number of hydrogen-bond donors (Lipinski definition) is 0. The number of benzene rings is 2. The minimum absolute atomic E-state index is 0.000767. The van der Waals surface area contributed by atoms with Gasteiger partial charge in [0.25, 0.3) is 0 Å². The van der Waals surface area contributed by atoms with Crippen molar-refractivity contribution in [1.29, 1.82) is 5.26 Å². The first-order valence-electron chi connectivity index (χ1n) is 7.61. The Bertz CT molecular complexity index is 801. The van der Waals surface area contributed by atoms with Crippen LogP contribution in [-0.2, 0) is 0 Å². The first-order valence-corrected chi connectivity index (χ1v) is 7.61. The first kappa shape index (κ1) is 17.3. The van der Waals surface area contributed by atoms with Gasteiger partial charge in [-0.3, -0.25) is 4.79 Å². The van der Waals surface area contributed by atoms with Gasteiger partial charge in [0.2, 0.25) is 5.78 Å². The lowest BCUT2D eigenvalue weighted by Gasteiger charge is -2.12. The molecule has 0 bridgehead atoms. The van der Waals surface area contributed by atoms with Crippen LogP contribution in [-0.4, -0.2) is 19.0 Å². The Labute approximate surface area is 141 Å². The second-order valence-corrected chi connectivity index (χ2v) is 5.44. The molecule has 0 spiro atoms. The van der Waals surface area contributed by atoms with E-state index in [0.29, 0.717) is 22.6 Å². The van der Waals surface area contributed by atoms with Crippen molar-refractivity contribution in [3.8, 4) is 17.6 Å². The Balaban J connectivity index is 2.39. The van der Waals surface area contributed by atoms with E-state index in [9.17, 15) is 10.1 Å². The van der Waals surface area contributed by atoms with E-state index in [1.165, 1.54) is 7.11 Å². The molecule has 0 N–H and O–H groups in total. The van der Waals surface area contributed by atoms with Crippen molar-refractivity contribution in [3.63, 3.8) is 0 Å². The molecule has 0 radical (unpaired) electrons. The molecule has 2 aromatic carbocycles. The van der Waals surface area contributed by atoms with Crippen molar-refractivity contribution < 1.29 is 14.3 Å². The average molecular weight is 321 g/mol. The third-order valence-electron chi connectivity index (χ3n) is 3.28. The number of ketones is 1. The number of methoxy groups -OCH3 is 1. The van der Waals surface area contributed by atoms with E-state index >= 15 is 0 Å². The number of carbonyl (C=O) groups excluding carboxylic acids is 1. The van der Waals surface area contributed by atoms with Crippen LogP contribution >= 0.6 is 0 Å². The third kappa shape index (κ3) is 4.23. The lowest BCUT2D eigenvalue weighted by molar-refractivity contribution is 0.103. The molecule has 2 aromatic rings. The van der Waals surface area contributed by atoms with Crippen LogP contribution in [0.1, 0.15) is 29.8 Å². The summed E-state index contributed by atoms with van der Waals surface area (Å²) in [4.78, 5) is 12.6. The van der Waals surface area contributed by atoms with Gasteiger partial charge in [0.05, 0.1) is 13.2 Å². The molecule has 122 valence electrons. The molecule has 4 heteroatoms. The molecule has 0 atom stereocenters. The smallest absolute Gasteiger partial charge is 0.203 e. The second-order valence-electron chi connectivity index (χ2n) is 5.44. The number of ether oxygens (including phenoxy) is 2. The minimum atomic E-state index is -0.351. The molecule has 0 aliphatic rings. The largest absolute Gasteiger partial charge is 0.497 e. The predicted molar refractivity (Wildman–Crippen MR) is 93.1 cm³/mol. The monoisotopic (exact) mass is 321 g/mol. The van der Waals surface area contributed by atoms with Gasteiger partial charge in [-0.15, -0.1) is 0 Å². The fraction of sp³-hybridized carbons (Fsp3) is 0.200. The zero-order valence-corrected chi connectivity index (χ0v) is 13.9. The Hall–Kier alpha value is -3.06. The maximum atomic E-state index is 12.6. The normalized spacial score (nSPS) is 11.0. The highest BCUT2D eigenvalue weighted by Gasteiger charge is 2.14. The number of allylic oxidation sites excluding steroid dienone is 1. The summed E-state index contributed by atoms with van der Waals surface area (Å²) in [6.45, 7) is 3.85. The summed E-state index contributed by atoms with van der Waals surface area (Å²) in [7, 11) is 1.53. The van der Waals surface area contributed by atoms with Gasteiger partial charge in [-0.25, -0.2) is 0 Å². The van der Waals surface area contributed by atoms with Crippen LogP contribution in [0.15, 0.2) is 54.1 Å². The van der Waals surface area contributed by atoms with Crippen LogP contribution in [0.25, 0.3) is 6.08 Å². The number of rotatable bonds is 6. The zero-order chi connectivity index (χ0) is 17.5. The number of nitriles is 1. The Morgan fingerprint density at radius 1 is 1.17 bits per heavy atom. The molecule has 0 unspecified atom stereocenters. The van der Waals surface area contributed by atoms with Crippen LogP contribution in [0.2, 0.25) is 0 Å². The molecule has 24 heavy (non-hydrogen) atoms. The Kier molecular flexibility index (Phi) is 5.75. The lowest BCUT2D eigenvalue weighted by atomic mass is 10.0. The number of para-hydroxylation sites is 1. The van der Waals surface area contributed by atoms with E-state index in [-0.39, 0.29) is 17.5 Å². The van der Waals surface area contributed by atoms with Crippen LogP contribution in [0, 0.1) is 11.3 Å². The summed E-state index contributed by atoms with van der Waals surface area (Å²) in [6, 6.07) is 16.0. The third-order valence-corrected chi connectivity index (χ3v) is 3.28.